The number of hydrogen-bond acceptors (Lipinski definition) is 5. The number of aromatic nitrogens is 2. The molecule has 2 aliphatic heterocycles. The molecule has 3 aromatic rings. The Balaban J connectivity index is 1.30. The fourth-order valence-electron chi connectivity index (χ4n) is 4.74. The average molecular weight is 427 g/mol. The zero-order valence-corrected chi connectivity index (χ0v) is 18.1. The monoisotopic (exact) mass is 426 g/mol. The first-order valence-corrected chi connectivity index (χ1v) is 11.7. The zero-order valence-electron chi connectivity index (χ0n) is 17.3. The van der Waals surface area contributed by atoms with Gasteiger partial charge in [-0.25, -0.2) is 0 Å². The lowest BCUT2D eigenvalue weighted by molar-refractivity contribution is -0.197. The first kappa shape index (κ1) is 19.7. The van der Waals surface area contributed by atoms with Crippen LogP contribution in [0.15, 0.2) is 53.6 Å². The molecule has 3 aliphatic rings. The predicted octanol–water partition coefficient (Wildman–Crippen LogP) is 4.07. The normalized spacial score (nSPS) is 26.3. The van der Waals surface area contributed by atoms with Gasteiger partial charge in [0, 0.05) is 17.8 Å². The van der Waals surface area contributed by atoms with Gasteiger partial charge in [0.15, 0.2) is 0 Å². The Morgan fingerprint density at radius 2 is 1.83 bits per heavy atom. The smallest absolute Gasteiger partial charge is 0.296 e. The number of fused-ring (bicyclic) bond motifs is 4. The maximum atomic E-state index is 12.6. The van der Waals surface area contributed by atoms with Crippen molar-refractivity contribution in [3.63, 3.8) is 0 Å². The van der Waals surface area contributed by atoms with Gasteiger partial charge < -0.3 is 4.74 Å². The molecule has 3 fully saturated rings. The minimum absolute atomic E-state index is 0.168. The van der Waals surface area contributed by atoms with E-state index in [9.17, 15) is 8.42 Å². The first-order valence-electron chi connectivity index (χ1n) is 10.3. The predicted molar refractivity (Wildman–Crippen MR) is 114 cm³/mol. The first-order chi connectivity index (χ1) is 14.3. The molecule has 0 spiro atoms. The Morgan fingerprint density at radius 1 is 1.10 bits per heavy atom. The van der Waals surface area contributed by atoms with Crippen LogP contribution in [0.2, 0.25) is 0 Å². The van der Waals surface area contributed by atoms with E-state index in [2.05, 4.69) is 23.3 Å². The minimum atomic E-state index is -3.76. The lowest BCUT2D eigenvalue weighted by Gasteiger charge is -2.53. The van der Waals surface area contributed by atoms with Crippen LogP contribution < -0.4 is 0 Å². The van der Waals surface area contributed by atoms with Crippen molar-refractivity contribution in [2.24, 2.45) is 12.5 Å². The molecule has 6 nitrogen and oxygen atoms in total. The molecule has 7 heteroatoms. The van der Waals surface area contributed by atoms with E-state index in [-0.39, 0.29) is 22.5 Å². The molecule has 0 radical (unpaired) electrons. The Bertz CT molecular complexity index is 1170. The summed E-state index contributed by atoms with van der Waals surface area (Å²) in [6.45, 7) is 2.61. The summed E-state index contributed by atoms with van der Waals surface area (Å²) >= 11 is 0. The maximum Gasteiger partial charge on any atom is 0.296 e. The van der Waals surface area contributed by atoms with Crippen molar-refractivity contribution in [3.8, 4) is 0 Å². The number of aryl methyl sites for hydroxylation is 2. The van der Waals surface area contributed by atoms with Gasteiger partial charge in [0.1, 0.15) is 0 Å². The Labute approximate surface area is 176 Å². The van der Waals surface area contributed by atoms with Crippen LogP contribution in [0.25, 0.3) is 10.9 Å². The van der Waals surface area contributed by atoms with E-state index in [0.29, 0.717) is 6.61 Å². The fraction of sp³-hybridized carbons (Fsp3) is 0.435. The molecule has 0 N–H and O–H groups in total. The average Bonchev–Trinajstić information content (AvgIpc) is 3.14. The van der Waals surface area contributed by atoms with Crippen LogP contribution in [0.5, 0.6) is 0 Å². The molecule has 30 heavy (non-hydrogen) atoms. The minimum Gasteiger partial charge on any atom is -0.370 e. The lowest BCUT2D eigenvalue weighted by Crippen LogP contribution is -2.51. The van der Waals surface area contributed by atoms with Crippen LogP contribution in [-0.2, 0) is 31.7 Å². The quantitative estimate of drug-likeness (QED) is 0.575. The van der Waals surface area contributed by atoms with Crippen LogP contribution in [0.1, 0.15) is 36.8 Å². The second kappa shape index (κ2) is 6.90. The van der Waals surface area contributed by atoms with Gasteiger partial charge in [0.05, 0.1) is 35.4 Å². The van der Waals surface area contributed by atoms with E-state index in [1.165, 1.54) is 5.56 Å². The summed E-state index contributed by atoms with van der Waals surface area (Å²) < 4.78 is 39.0. The van der Waals surface area contributed by atoms with E-state index in [0.717, 1.165) is 42.1 Å². The Hall–Kier alpha value is -2.22. The molecular weight excluding hydrogens is 400 g/mol. The van der Waals surface area contributed by atoms with Crippen molar-refractivity contribution >= 4 is 21.0 Å². The molecular formula is C23H26N2O4S. The molecule has 2 saturated heterocycles. The van der Waals surface area contributed by atoms with E-state index in [1.807, 2.05) is 24.9 Å². The number of rotatable bonds is 5. The highest BCUT2D eigenvalue weighted by atomic mass is 32.2. The Morgan fingerprint density at radius 3 is 2.50 bits per heavy atom. The lowest BCUT2D eigenvalue weighted by atomic mass is 9.64. The number of hydrogen-bond donors (Lipinski definition) is 0. The summed E-state index contributed by atoms with van der Waals surface area (Å²) in [7, 11) is -1.82. The molecule has 3 heterocycles. The van der Waals surface area contributed by atoms with Crippen LogP contribution in [0, 0.1) is 12.3 Å². The van der Waals surface area contributed by atoms with Gasteiger partial charge in [0.25, 0.3) is 10.1 Å². The highest BCUT2D eigenvalue weighted by molar-refractivity contribution is 7.86. The van der Waals surface area contributed by atoms with Gasteiger partial charge in [-0.2, -0.15) is 13.5 Å². The highest BCUT2D eigenvalue weighted by Gasteiger charge is 2.51. The summed E-state index contributed by atoms with van der Waals surface area (Å²) in [4.78, 5) is 0.205. The largest absolute Gasteiger partial charge is 0.370 e. The van der Waals surface area contributed by atoms with Crippen molar-refractivity contribution in [1.29, 1.82) is 0 Å². The van der Waals surface area contributed by atoms with E-state index >= 15 is 0 Å². The molecule has 0 amide bonds. The molecule has 0 atom stereocenters. The summed E-state index contributed by atoms with van der Waals surface area (Å²) in [5, 5.41) is 5.44. The molecule has 1 aromatic heterocycles. The van der Waals surface area contributed by atoms with Crippen molar-refractivity contribution in [3.05, 3.63) is 59.8 Å². The zero-order chi connectivity index (χ0) is 21.0. The van der Waals surface area contributed by atoms with Gasteiger partial charge >= 0.3 is 0 Å². The number of ether oxygens (including phenoxy) is 1. The van der Waals surface area contributed by atoms with Crippen LogP contribution in [0.4, 0.5) is 0 Å². The second-order valence-corrected chi connectivity index (χ2v) is 10.5. The van der Waals surface area contributed by atoms with Gasteiger partial charge in [0.2, 0.25) is 0 Å². The summed E-state index contributed by atoms with van der Waals surface area (Å²) in [5.41, 5.74) is 2.77. The third kappa shape index (κ3) is 3.25. The molecule has 1 aliphatic carbocycles. The number of nitrogens with zero attached hydrogens (tertiary/aromatic N) is 2. The van der Waals surface area contributed by atoms with Gasteiger partial charge in [-0.1, -0.05) is 23.8 Å². The van der Waals surface area contributed by atoms with Crippen LogP contribution in [0.3, 0.4) is 0 Å². The molecule has 2 aromatic carbocycles. The SMILES string of the molecule is Cc1ccc(S(=O)(=O)OCC23CCC(c4ccc5c(cnn5C)c4)(CC2)OC3)cc1. The summed E-state index contributed by atoms with van der Waals surface area (Å²) in [6, 6.07) is 13.2. The third-order valence-electron chi connectivity index (χ3n) is 6.88. The Kier molecular flexibility index (Phi) is 4.54. The highest BCUT2D eigenvalue weighted by Crippen LogP contribution is 2.54. The molecule has 6 rings (SSSR count). The molecule has 2 bridgehead atoms. The molecule has 1 saturated carbocycles. The maximum absolute atomic E-state index is 12.6. The van der Waals surface area contributed by atoms with Crippen molar-refractivity contribution in [2.75, 3.05) is 13.2 Å². The topological polar surface area (TPSA) is 70.4 Å². The molecule has 0 unspecified atom stereocenters. The second-order valence-electron chi connectivity index (χ2n) is 8.85. The van der Waals surface area contributed by atoms with Crippen molar-refractivity contribution < 1.29 is 17.3 Å². The number of benzene rings is 2. The van der Waals surface area contributed by atoms with Crippen molar-refractivity contribution in [1.82, 2.24) is 9.78 Å². The standard InChI is InChI=1S/C23H26N2O4S/c1-17-3-6-20(7-4-17)30(26,27)29-16-22-9-11-23(12-10-22,28-15-22)19-5-8-21-18(13-19)14-24-25(21)2/h3-8,13-14H,9-12,15-16H2,1-2H3. The van der Waals surface area contributed by atoms with Gasteiger partial charge in [-0.3, -0.25) is 8.86 Å². The van der Waals surface area contributed by atoms with Gasteiger partial charge in [-0.15, -0.1) is 0 Å². The fourth-order valence-corrected chi connectivity index (χ4v) is 5.76. The summed E-state index contributed by atoms with van der Waals surface area (Å²) in [5.74, 6) is 0. The third-order valence-corrected chi connectivity index (χ3v) is 8.15. The molecule has 158 valence electrons. The van der Waals surface area contributed by atoms with Gasteiger partial charge in [-0.05, 0) is 62.4 Å². The van der Waals surface area contributed by atoms with Crippen molar-refractivity contribution in [2.45, 2.75) is 43.1 Å². The summed E-state index contributed by atoms with van der Waals surface area (Å²) in [6.07, 6.45) is 5.40. The van der Waals surface area contributed by atoms with Crippen LogP contribution >= 0.6 is 0 Å². The van der Waals surface area contributed by atoms with E-state index in [4.69, 9.17) is 8.92 Å². The van der Waals surface area contributed by atoms with E-state index in [1.54, 1.807) is 24.3 Å². The van der Waals surface area contributed by atoms with Crippen LogP contribution in [-0.4, -0.2) is 31.4 Å². The van der Waals surface area contributed by atoms with E-state index < -0.39 is 10.1 Å².